The van der Waals surface area contributed by atoms with Gasteiger partial charge in [-0.15, -0.1) is 0 Å². The van der Waals surface area contributed by atoms with Crippen LogP contribution in [0, 0.1) is 0 Å². The zero-order valence-electron chi connectivity index (χ0n) is 15.0. The van der Waals surface area contributed by atoms with Crippen LogP contribution in [0.15, 0.2) is 97.2 Å². The molecular weight excluding hydrogens is 348 g/mol. The second-order valence-electron chi connectivity index (χ2n) is 6.35. The molecule has 1 amide bonds. The summed E-state index contributed by atoms with van der Waals surface area (Å²) in [4.78, 5) is 16.9. The topological polar surface area (TPSA) is 62.2 Å². The van der Waals surface area contributed by atoms with Gasteiger partial charge in [0.2, 0.25) is 0 Å². The average molecular weight is 366 g/mol. The zero-order chi connectivity index (χ0) is 19.3. The van der Waals surface area contributed by atoms with Crippen LogP contribution in [0.1, 0.15) is 10.4 Å². The molecule has 1 heterocycles. The molecule has 0 unspecified atom stereocenters. The van der Waals surface area contributed by atoms with E-state index in [-0.39, 0.29) is 17.2 Å². The molecule has 28 heavy (non-hydrogen) atoms. The molecule has 0 saturated heterocycles. The standard InChI is InChI=1S/C24H18N2O2/c27-23-16-19(22-11-4-5-14-25-22)12-13-21(23)24(28)26-20-10-6-9-18(15-20)17-7-2-1-3-8-17/h1-16,27H,(H,26,28). The third-order valence-electron chi connectivity index (χ3n) is 4.43. The number of pyridine rings is 1. The number of rotatable bonds is 4. The van der Waals surface area contributed by atoms with Gasteiger partial charge in [0, 0.05) is 17.4 Å². The number of carbonyl (C=O) groups excluding carboxylic acids is 1. The molecule has 0 aliphatic rings. The molecule has 2 N–H and O–H groups in total. The number of phenolic OH excluding ortho intramolecular Hbond substituents is 1. The van der Waals surface area contributed by atoms with Crippen molar-refractivity contribution in [1.82, 2.24) is 4.98 Å². The Bertz CT molecular complexity index is 1110. The number of hydrogen-bond acceptors (Lipinski definition) is 3. The van der Waals surface area contributed by atoms with Crippen molar-refractivity contribution in [3.05, 3.63) is 103 Å². The van der Waals surface area contributed by atoms with E-state index in [1.54, 1.807) is 24.4 Å². The normalized spacial score (nSPS) is 10.4. The highest BCUT2D eigenvalue weighted by Gasteiger charge is 2.13. The highest BCUT2D eigenvalue weighted by molar-refractivity contribution is 6.06. The average Bonchev–Trinajstić information content (AvgIpc) is 2.75. The summed E-state index contributed by atoms with van der Waals surface area (Å²) in [6.07, 6.45) is 1.69. The fourth-order valence-corrected chi connectivity index (χ4v) is 3.02. The second-order valence-corrected chi connectivity index (χ2v) is 6.35. The summed E-state index contributed by atoms with van der Waals surface area (Å²) in [6, 6.07) is 28.0. The van der Waals surface area contributed by atoms with Gasteiger partial charge in [0.15, 0.2) is 0 Å². The highest BCUT2D eigenvalue weighted by Crippen LogP contribution is 2.27. The maximum absolute atomic E-state index is 12.6. The molecule has 4 aromatic rings. The molecule has 0 aliphatic heterocycles. The van der Waals surface area contributed by atoms with Crippen LogP contribution in [0.25, 0.3) is 22.4 Å². The van der Waals surface area contributed by atoms with Crippen molar-refractivity contribution in [3.8, 4) is 28.1 Å². The number of carbonyl (C=O) groups is 1. The predicted octanol–water partition coefficient (Wildman–Crippen LogP) is 5.37. The van der Waals surface area contributed by atoms with E-state index >= 15 is 0 Å². The number of benzene rings is 3. The molecule has 4 nitrogen and oxygen atoms in total. The fourth-order valence-electron chi connectivity index (χ4n) is 3.02. The number of nitrogens with zero attached hydrogens (tertiary/aromatic N) is 1. The first kappa shape index (κ1) is 17.5. The maximum Gasteiger partial charge on any atom is 0.259 e. The Balaban J connectivity index is 1.56. The highest BCUT2D eigenvalue weighted by atomic mass is 16.3. The van der Waals surface area contributed by atoms with Crippen LogP contribution in [0.2, 0.25) is 0 Å². The van der Waals surface area contributed by atoms with Crippen LogP contribution >= 0.6 is 0 Å². The first-order valence-electron chi connectivity index (χ1n) is 8.92. The van der Waals surface area contributed by atoms with Gasteiger partial charge in [0.05, 0.1) is 11.3 Å². The summed E-state index contributed by atoms with van der Waals surface area (Å²) < 4.78 is 0. The molecule has 1 aromatic heterocycles. The number of amides is 1. The van der Waals surface area contributed by atoms with E-state index in [1.807, 2.05) is 72.8 Å². The summed E-state index contributed by atoms with van der Waals surface area (Å²) in [5, 5.41) is 13.2. The predicted molar refractivity (Wildman–Crippen MR) is 111 cm³/mol. The van der Waals surface area contributed by atoms with Gasteiger partial charge in [-0.3, -0.25) is 9.78 Å². The molecule has 0 radical (unpaired) electrons. The van der Waals surface area contributed by atoms with Gasteiger partial charge >= 0.3 is 0 Å². The molecule has 0 aliphatic carbocycles. The molecule has 0 atom stereocenters. The Morgan fingerprint density at radius 3 is 2.29 bits per heavy atom. The van der Waals surface area contributed by atoms with Crippen molar-refractivity contribution in [3.63, 3.8) is 0 Å². The van der Waals surface area contributed by atoms with Crippen LogP contribution in [0.5, 0.6) is 5.75 Å². The van der Waals surface area contributed by atoms with E-state index in [0.717, 1.165) is 22.4 Å². The number of anilines is 1. The lowest BCUT2D eigenvalue weighted by Crippen LogP contribution is -2.12. The lowest BCUT2D eigenvalue weighted by Gasteiger charge is -2.10. The summed E-state index contributed by atoms with van der Waals surface area (Å²) in [5.74, 6) is -0.449. The fraction of sp³-hybridized carbons (Fsp3) is 0. The van der Waals surface area contributed by atoms with Gasteiger partial charge in [0.25, 0.3) is 5.91 Å². The minimum absolute atomic E-state index is 0.0835. The van der Waals surface area contributed by atoms with Gasteiger partial charge in [-0.2, -0.15) is 0 Å². The third kappa shape index (κ3) is 3.76. The molecule has 4 rings (SSSR count). The van der Waals surface area contributed by atoms with Gasteiger partial charge in [-0.1, -0.05) is 54.6 Å². The number of hydrogen-bond donors (Lipinski definition) is 2. The lowest BCUT2D eigenvalue weighted by atomic mass is 10.0. The molecule has 0 spiro atoms. The van der Waals surface area contributed by atoms with Gasteiger partial charge in [0.1, 0.15) is 5.75 Å². The van der Waals surface area contributed by atoms with Gasteiger partial charge < -0.3 is 10.4 Å². The molecule has 3 aromatic carbocycles. The van der Waals surface area contributed by atoms with Crippen molar-refractivity contribution in [2.24, 2.45) is 0 Å². The minimum Gasteiger partial charge on any atom is -0.507 e. The van der Waals surface area contributed by atoms with Crippen molar-refractivity contribution >= 4 is 11.6 Å². The zero-order valence-corrected chi connectivity index (χ0v) is 15.0. The molecule has 0 saturated carbocycles. The maximum atomic E-state index is 12.6. The molecule has 136 valence electrons. The Morgan fingerprint density at radius 2 is 1.54 bits per heavy atom. The molecular formula is C24H18N2O2. The Hall–Kier alpha value is -3.92. The molecule has 0 fully saturated rings. The minimum atomic E-state index is -0.365. The largest absolute Gasteiger partial charge is 0.507 e. The SMILES string of the molecule is O=C(Nc1cccc(-c2ccccc2)c1)c1ccc(-c2ccccn2)cc1O. The summed E-state index contributed by atoms with van der Waals surface area (Å²) in [6.45, 7) is 0. The number of aromatic hydroxyl groups is 1. The van der Waals surface area contributed by atoms with Crippen LogP contribution in [-0.4, -0.2) is 16.0 Å². The third-order valence-corrected chi connectivity index (χ3v) is 4.43. The quantitative estimate of drug-likeness (QED) is 0.510. The van der Waals surface area contributed by atoms with Crippen LogP contribution < -0.4 is 5.32 Å². The van der Waals surface area contributed by atoms with E-state index in [4.69, 9.17) is 0 Å². The Morgan fingerprint density at radius 1 is 0.750 bits per heavy atom. The lowest BCUT2D eigenvalue weighted by molar-refractivity contribution is 0.102. The Kier molecular flexibility index (Phi) is 4.85. The summed E-state index contributed by atoms with van der Waals surface area (Å²) >= 11 is 0. The van der Waals surface area contributed by atoms with Crippen molar-refractivity contribution in [2.75, 3.05) is 5.32 Å². The smallest absolute Gasteiger partial charge is 0.259 e. The van der Waals surface area contributed by atoms with Crippen LogP contribution in [-0.2, 0) is 0 Å². The van der Waals surface area contributed by atoms with Gasteiger partial charge in [-0.05, 0) is 47.5 Å². The molecule has 4 heteroatoms. The summed E-state index contributed by atoms with van der Waals surface area (Å²) in [5.41, 5.74) is 4.44. The van der Waals surface area contributed by atoms with Crippen LogP contribution in [0.4, 0.5) is 5.69 Å². The second kappa shape index (κ2) is 7.76. The van der Waals surface area contributed by atoms with E-state index in [2.05, 4.69) is 10.3 Å². The first-order valence-corrected chi connectivity index (χ1v) is 8.92. The van der Waals surface area contributed by atoms with E-state index in [1.165, 1.54) is 0 Å². The van der Waals surface area contributed by atoms with Crippen LogP contribution in [0.3, 0.4) is 0 Å². The number of nitrogens with one attached hydrogen (secondary N) is 1. The van der Waals surface area contributed by atoms with E-state index in [9.17, 15) is 9.90 Å². The van der Waals surface area contributed by atoms with E-state index in [0.29, 0.717) is 5.69 Å². The van der Waals surface area contributed by atoms with Crippen molar-refractivity contribution < 1.29 is 9.90 Å². The first-order chi connectivity index (χ1) is 13.7. The Labute approximate surface area is 163 Å². The molecule has 0 bridgehead atoms. The number of aromatic nitrogens is 1. The summed E-state index contributed by atoms with van der Waals surface area (Å²) in [7, 11) is 0. The van der Waals surface area contributed by atoms with Crippen molar-refractivity contribution in [1.29, 1.82) is 0 Å². The van der Waals surface area contributed by atoms with Crippen molar-refractivity contribution in [2.45, 2.75) is 0 Å². The monoisotopic (exact) mass is 366 g/mol. The van der Waals surface area contributed by atoms with Gasteiger partial charge in [-0.25, -0.2) is 0 Å². The number of phenols is 1. The van der Waals surface area contributed by atoms with E-state index < -0.39 is 0 Å².